The summed E-state index contributed by atoms with van der Waals surface area (Å²) >= 11 is 0. The predicted molar refractivity (Wildman–Crippen MR) is 28.5 cm³/mol. The minimum Gasteiger partial charge on any atom is -0.264 e. The van der Waals surface area contributed by atoms with Gasteiger partial charge in [0.25, 0.3) is 0 Å². The van der Waals surface area contributed by atoms with Gasteiger partial charge in [-0.25, -0.2) is 9.90 Å². The maximum Gasteiger partial charge on any atom is 0.304 e. The van der Waals surface area contributed by atoms with Crippen LogP contribution < -0.4 is 5.56 Å². The SMILES string of the molecule is Cn1[nH]nc(C#N)c1=O. The third-order valence-corrected chi connectivity index (χ3v) is 0.925. The maximum absolute atomic E-state index is 10.6. The topological polar surface area (TPSA) is 74.5 Å². The summed E-state index contributed by atoms with van der Waals surface area (Å²) in [6.45, 7) is 0. The summed E-state index contributed by atoms with van der Waals surface area (Å²) in [6.07, 6.45) is 0. The van der Waals surface area contributed by atoms with Gasteiger partial charge in [0.05, 0.1) is 0 Å². The van der Waals surface area contributed by atoms with Crippen LogP contribution in [-0.4, -0.2) is 15.0 Å². The van der Waals surface area contributed by atoms with E-state index in [1.807, 2.05) is 0 Å². The highest BCUT2D eigenvalue weighted by atomic mass is 16.1. The number of rotatable bonds is 0. The lowest BCUT2D eigenvalue weighted by Gasteiger charge is -1.77. The molecule has 0 unspecified atom stereocenters. The molecule has 0 bridgehead atoms. The van der Waals surface area contributed by atoms with Gasteiger partial charge in [-0.1, -0.05) is 0 Å². The number of nitriles is 1. The Labute approximate surface area is 50.5 Å². The second kappa shape index (κ2) is 1.74. The molecule has 0 saturated carbocycles. The predicted octanol–water partition coefficient (Wildman–Crippen LogP) is -1.02. The number of aryl methyl sites for hydroxylation is 1. The number of hydrogen-bond donors (Lipinski definition) is 1. The van der Waals surface area contributed by atoms with E-state index < -0.39 is 5.56 Å². The molecule has 1 N–H and O–H groups in total. The van der Waals surface area contributed by atoms with Crippen molar-refractivity contribution in [2.75, 3.05) is 0 Å². The lowest BCUT2D eigenvalue weighted by atomic mass is 10.5. The fourth-order valence-electron chi connectivity index (χ4n) is 0.450. The van der Waals surface area contributed by atoms with Gasteiger partial charge >= 0.3 is 5.56 Å². The van der Waals surface area contributed by atoms with Crippen molar-refractivity contribution >= 4 is 0 Å². The van der Waals surface area contributed by atoms with Crippen LogP contribution in [0.1, 0.15) is 5.69 Å². The van der Waals surface area contributed by atoms with E-state index in [1.165, 1.54) is 7.05 Å². The first kappa shape index (κ1) is 5.56. The van der Waals surface area contributed by atoms with Crippen molar-refractivity contribution in [3.63, 3.8) is 0 Å². The smallest absolute Gasteiger partial charge is 0.264 e. The van der Waals surface area contributed by atoms with Crippen LogP contribution in [-0.2, 0) is 7.05 Å². The number of H-pyrrole nitrogens is 1. The summed E-state index contributed by atoms with van der Waals surface area (Å²) in [7, 11) is 1.50. The number of aromatic amines is 1. The summed E-state index contributed by atoms with van der Waals surface area (Å²) in [4.78, 5) is 10.6. The third kappa shape index (κ3) is 0.700. The second-order valence-electron chi connectivity index (χ2n) is 1.54. The van der Waals surface area contributed by atoms with Crippen molar-refractivity contribution in [1.29, 1.82) is 5.26 Å². The molecule has 0 atom stereocenters. The highest BCUT2D eigenvalue weighted by molar-refractivity contribution is 5.13. The summed E-state index contributed by atoms with van der Waals surface area (Å²) < 4.78 is 1.14. The summed E-state index contributed by atoms with van der Waals surface area (Å²) in [6, 6.07) is 1.64. The molecule has 0 amide bonds. The Hall–Kier alpha value is -1.57. The van der Waals surface area contributed by atoms with Crippen molar-refractivity contribution < 1.29 is 0 Å². The largest absolute Gasteiger partial charge is 0.304 e. The van der Waals surface area contributed by atoms with Gasteiger partial charge in [-0.3, -0.25) is 4.79 Å². The van der Waals surface area contributed by atoms with Gasteiger partial charge in [0.15, 0.2) is 0 Å². The van der Waals surface area contributed by atoms with Gasteiger partial charge in [-0.15, -0.1) is 5.10 Å². The number of hydrogen-bond acceptors (Lipinski definition) is 3. The minimum atomic E-state index is -0.391. The maximum atomic E-state index is 10.6. The van der Waals surface area contributed by atoms with Crippen molar-refractivity contribution in [3.8, 4) is 6.07 Å². The molecule has 5 heteroatoms. The Morgan fingerprint density at radius 1 is 1.89 bits per heavy atom. The van der Waals surface area contributed by atoms with E-state index in [0.717, 1.165) is 4.68 Å². The monoisotopic (exact) mass is 124 g/mol. The van der Waals surface area contributed by atoms with Crippen molar-refractivity contribution in [2.24, 2.45) is 7.05 Å². The van der Waals surface area contributed by atoms with Crippen molar-refractivity contribution in [1.82, 2.24) is 15.0 Å². The van der Waals surface area contributed by atoms with E-state index >= 15 is 0 Å². The van der Waals surface area contributed by atoms with Crippen LogP contribution in [0.4, 0.5) is 0 Å². The van der Waals surface area contributed by atoms with E-state index in [9.17, 15) is 4.79 Å². The van der Waals surface area contributed by atoms with E-state index in [1.54, 1.807) is 6.07 Å². The van der Waals surface area contributed by atoms with E-state index in [-0.39, 0.29) is 5.69 Å². The standard InChI is InChI=1S/C4H4N4O/c1-8-4(9)3(2-5)6-7-8/h7H,1H3. The summed E-state index contributed by atoms with van der Waals surface area (Å²) in [5, 5.41) is 13.9. The number of nitrogens with zero attached hydrogens (tertiary/aromatic N) is 3. The fraction of sp³-hybridized carbons (Fsp3) is 0.250. The highest BCUT2D eigenvalue weighted by Crippen LogP contribution is 1.73. The molecule has 1 aromatic heterocycles. The van der Waals surface area contributed by atoms with Gasteiger partial charge in [-0.2, -0.15) is 5.26 Å². The quantitative estimate of drug-likeness (QED) is 0.481. The Morgan fingerprint density at radius 3 is 2.78 bits per heavy atom. The molecule has 0 radical (unpaired) electrons. The first-order chi connectivity index (χ1) is 4.25. The van der Waals surface area contributed by atoms with Crippen LogP contribution in [0.25, 0.3) is 0 Å². The molecular formula is C4H4N4O. The normalized spacial score (nSPS) is 8.89. The van der Waals surface area contributed by atoms with Crippen LogP contribution in [0.15, 0.2) is 4.79 Å². The van der Waals surface area contributed by atoms with E-state index in [2.05, 4.69) is 10.3 Å². The highest BCUT2D eigenvalue weighted by Gasteiger charge is 2.00. The molecule has 1 rings (SSSR count). The fourth-order valence-corrected chi connectivity index (χ4v) is 0.450. The molecule has 1 heterocycles. The Bertz CT molecular complexity index is 301. The average Bonchev–Trinajstić information content (AvgIpc) is 2.15. The van der Waals surface area contributed by atoms with Gasteiger partial charge in [-0.05, 0) is 0 Å². The van der Waals surface area contributed by atoms with Crippen molar-refractivity contribution in [3.05, 3.63) is 16.0 Å². The second-order valence-corrected chi connectivity index (χ2v) is 1.54. The molecule has 0 aliphatic heterocycles. The zero-order valence-electron chi connectivity index (χ0n) is 4.75. The molecule has 0 saturated heterocycles. The Balaban J connectivity index is 3.42. The molecule has 0 aromatic carbocycles. The van der Waals surface area contributed by atoms with E-state index in [4.69, 9.17) is 5.26 Å². The minimum absolute atomic E-state index is 0.0995. The number of nitrogens with one attached hydrogen (secondary N) is 1. The summed E-state index contributed by atoms with van der Waals surface area (Å²) in [5.74, 6) is 0. The lowest BCUT2D eigenvalue weighted by molar-refractivity contribution is 0.695. The molecule has 0 aliphatic carbocycles. The van der Waals surface area contributed by atoms with Crippen LogP contribution >= 0.6 is 0 Å². The molecule has 1 aromatic rings. The third-order valence-electron chi connectivity index (χ3n) is 0.925. The van der Waals surface area contributed by atoms with E-state index in [0.29, 0.717) is 0 Å². The number of aromatic nitrogens is 3. The molecular weight excluding hydrogens is 120 g/mol. The van der Waals surface area contributed by atoms with Gasteiger partial charge in [0, 0.05) is 7.05 Å². The van der Waals surface area contributed by atoms with Crippen LogP contribution in [0.3, 0.4) is 0 Å². The van der Waals surface area contributed by atoms with Crippen LogP contribution in [0.2, 0.25) is 0 Å². The molecule has 5 nitrogen and oxygen atoms in total. The van der Waals surface area contributed by atoms with Gasteiger partial charge < -0.3 is 0 Å². The average molecular weight is 124 g/mol. The molecule has 46 valence electrons. The zero-order chi connectivity index (χ0) is 6.85. The lowest BCUT2D eigenvalue weighted by Crippen LogP contribution is -2.13. The zero-order valence-corrected chi connectivity index (χ0v) is 4.75. The molecule has 0 aliphatic rings. The molecule has 0 spiro atoms. The van der Waals surface area contributed by atoms with Crippen LogP contribution in [0, 0.1) is 11.3 Å². The summed E-state index contributed by atoms with van der Waals surface area (Å²) in [5.41, 5.74) is -0.491. The molecule has 0 fully saturated rings. The Morgan fingerprint density at radius 2 is 2.56 bits per heavy atom. The Kier molecular flexibility index (Phi) is 1.08. The van der Waals surface area contributed by atoms with Gasteiger partial charge in [0.1, 0.15) is 6.07 Å². The van der Waals surface area contributed by atoms with Crippen LogP contribution in [0.5, 0.6) is 0 Å². The molecule has 9 heavy (non-hydrogen) atoms. The first-order valence-corrected chi connectivity index (χ1v) is 2.27. The van der Waals surface area contributed by atoms with Crippen molar-refractivity contribution in [2.45, 2.75) is 0 Å². The van der Waals surface area contributed by atoms with Gasteiger partial charge in [0.2, 0.25) is 5.69 Å². The first-order valence-electron chi connectivity index (χ1n) is 2.27.